The van der Waals surface area contributed by atoms with Crippen molar-refractivity contribution in [2.75, 3.05) is 13.7 Å². The highest BCUT2D eigenvalue weighted by molar-refractivity contribution is 6.42. The van der Waals surface area contributed by atoms with Crippen molar-refractivity contribution in [2.45, 2.75) is 26.0 Å². The third kappa shape index (κ3) is 4.30. The Bertz CT molecular complexity index is 353. The highest BCUT2D eigenvalue weighted by atomic mass is 35.5. The van der Waals surface area contributed by atoms with Gasteiger partial charge in [-0.1, -0.05) is 29.3 Å². The lowest BCUT2D eigenvalue weighted by atomic mass is 10.1. The van der Waals surface area contributed by atoms with Gasteiger partial charge in [-0.05, 0) is 31.5 Å². The molecule has 0 bridgehead atoms. The first kappa shape index (κ1) is 13.8. The van der Waals surface area contributed by atoms with Crippen LogP contribution in [0.5, 0.6) is 0 Å². The van der Waals surface area contributed by atoms with E-state index in [1.165, 1.54) is 0 Å². The molecule has 1 N–H and O–H groups in total. The summed E-state index contributed by atoms with van der Waals surface area (Å²) in [7, 11) is 1.71. The van der Waals surface area contributed by atoms with E-state index < -0.39 is 0 Å². The van der Waals surface area contributed by atoms with Crippen LogP contribution in [0.3, 0.4) is 0 Å². The van der Waals surface area contributed by atoms with Gasteiger partial charge in [0.2, 0.25) is 0 Å². The van der Waals surface area contributed by atoms with Crippen LogP contribution in [0, 0.1) is 0 Å². The minimum absolute atomic E-state index is 0.157. The summed E-state index contributed by atoms with van der Waals surface area (Å²) in [4.78, 5) is 0. The van der Waals surface area contributed by atoms with Gasteiger partial charge in [0.1, 0.15) is 0 Å². The van der Waals surface area contributed by atoms with E-state index in [1.807, 2.05) is 32.0 Å². The Hall–Kier alpha value is -0.280. The topological polar surface area (TPSA) is 21.3 Å². The molecule has 0 radical (unpaired) electrons. The molecule has 0 heterocycles. The minimum atomic E-state index is -0.157. The SMILES string of the molecule is COC(C)(C)CNCc1ccc(Cl)c(Cl)c1. The summed E-state index contributed by atoms with van der Waals surface area (Å²) < 4.78 is 5.31. The fraction of sp³-hybridized carbons (Fsp3) is 0.500. The first-order chi connectivity index (χ1) is 7.44. The third-order valence-corrected chi connectivity index (χ3v) is 3.16. The van der Waals surface area contributed by atoms with E-state index in [1.54, 1.807) is 7.11 Å². The van der Waals surface area contributed by atoms with E-state index in [2.05, 4.69) is 5.32 Å². The van der Waals surface area contributed by atoms with E-state index in [0.29, 0.717) is 10.0 Å². The van der Waals surface area contributed by atoms with Gasteiger partial charge in [0.15, 0.2) is 0 Å². The van der Waals surface area contributed by atoms with Gasteiger partial charge in [0.05, 0.1) is 15.6 Å². The van der Waals surface area contributed by atoms with E-state index >= 15 is 0 Å². The van der Waals surface area contributed by atoms with Crippen molar-refractivity contribution in [1.29, 1.82) is 0 Å². The molecule has 0 aliphatic heterocycles. The molecule has 0 saturated heterocycles. The van der Waals surface area contributed by atoms with Crippen molar-refractivity contribution in [3.63, 3.8) is 0 Å². The summed E-state index contributed by atoms with van der Waals surface area (Å²) in [6.45, 7) is 5.61. The average Bonchev–Trinajstić information content (AvgIpc) is 2.23. The zero-order chi connectivity index (χ0) is 12.2. The lowest BCUT2D eigenvalue weighted by Gasteiger charge is -2.23. The maximum absolute atomic E-state index is 5.93. The number of nitrogens with one attached hydrogen (secondary N) is 1. The van der Waals surface area contributed by atoms with Crippen LogP contribution >= 0.6 is 23.2 Å². The molecule has 0 amide bonds. The van der Waals surface area contributed by atoms with Crippen LogP contribution in [0.1, 0.15) is 19.4 Å². The Morgan fingerprint density at radius 3 is 2.50 bits per heavy atom. The molecule has 90 valence electrons. The van der Waals surface area contributed by atoms with Gasteiger partial charge in [-0.25, -0.2) is 0 Å². The molecule has 1 aromatic carbocycles. The van der Waals surface area contributed by atoms with E-state index in [4.69, 9.17) is 27.9 Å². The first-order valence-corrected chi connectivity index (χ1v) is 5.90. The quantitative estimate of drug-likeness (QED) is 0.876. The molecule has 0 unspecified atom stereocenters. The number of rotatable bonds is 5. The summed E-state index contributed by atoms with van der Waals surface area (Å²) in [5.41, 5.74) is 0.956. The molecular formula is C12H17Cl2NO. The molecule has 2 nitrogen and oxygen atoms in total. The predicted octanol–water partition coefficient (Wildman–Crippen LogP) is 3.51. The van der Waals surface area contributed by atoms with Gasteiger partial charge in [-0.2, -0.15) is 0 Å². The standard InChI is InChI=1S/C12H17Cl2NO/c1-12(2,16-3)8-15-7-9-4-5-10(13)11(14)6-9/h4-6,15H,7-8H2,1-3H3. The molecule has 0 fully saturated rings. The largest absolute Gasteiger partial charge is 0.377 e. The zero-order valence-electron chi connectivity index (χ0n) is 9.81. The zero-order valence-corrected chi connectivity index (χ0v) is 11.3. The second-order valence-corrected chi connectivity index (χ2v) is 5.13. The van der Waals surface area contributed by atoms with Crippen molar-refractivity contribution in [1.82, 2.24) is 5.32 Å². The predicted molar refractivity (Wildman–Crippen MR) is 69.3 cm³/mol. The second kappa shape index (κ2) is 5.87. The maximum atomic E-state index is 5.93. The molecule has 0 aromatic heterocycles. The van der Waals surface area contributed by atoms with Crippen LogP contribution in [0.15, 0.2) is 18.2 Å². The summed E-state index contributed by atoms with van der Waals surface area (Å²) in [5, 5.41) is 4.49. The van der Waals surface area contributed by atoms with Gasteiger partial charge < -0.3 is 10.1 Å². The number of benzene rings is 1. The van der Waals surface area contributed by atoms with Crippen LogP contribution in [0.2, 0.25) is 10.0 Å². The van der Waals surface area contributed by atoms with Crippen LogP contribution in [-0.4, -0.2) is 19.3 Å². The first-order valence-electron chi connectivity index (χ1n) is 5.14. The molecule has 16 heavy (non-hydrogen) atoms. The van der Waals surface area contributed by atoms with Crippen LogP contribution in [0.4, 0.5) is 0 Å². The molecule has 1 rings (SSSR count). The Kier molecular flexibility index (Phi) is 5.06. The molecular weight excluding hydrogens is 245 g/mol. The Morgan fingerprint density at radius 2 is 1.94 bits per heavy atom. The summed E-state index contributed by atoms with van der Waals surface area (Å²) in [5.74, 6) is 0. The van der Waals surface area contributed by atoms with Gasteiger partial charge in [-0.15, -0.1) is 0 Å². The molecule has 0 saturated carbocycles. The number of methoxy groups -OCH3 is 1. The van der Waals surface area contributed by atoms with Gasteiger partial charge >= 0.3 is 0 Å². The molecule has 4 heteroatoms. The number of hydrogen-bond acceptors (Lipinski definition) is 2. The number of halogens is 2. The highest BCUT2D eigenvalue weighted by Crippen LogP contribution is 2.22. The molecule has 1 aromatic rings. The Balaban J connectivity index is 2.46. The number of hydrogen-bond donors (Lipinski definition) is 1. The summed E-state index contributed by atoms with van der Waals surface area (Å²) >= 11 is 11.8. The fourth-order valence-electron chi connectivity index (χ4n) is 1.23. The maximum Gasteiger partial charge on any atom is 0.0746 e. The third-order valence-electron chi connectivity index (χ3n) is 2.42. The van der Waals surface area contributed by atoms with Gasteiger partial charge in [0.25, 0.3) is 0 Å². The van der Waals surface area contributed by atoms with Crippen molar-refractivity contribution in [2.24, 2.45) is 0 Å². The van der Waals surface area contributed by atoms with Gasteiger partial charge in [0, 0.05) is 20.2 Å². The molecule has 0 spiro atoms. The Morgan fingerprint density at radius 1 is 1.25 bits per heavy atom. The molecule has 0 atom stereocenters. The smallest absolute Gasteiger partial charge is 0.0746 e. The highest BCUT2D eigenvalue weighted by Gasteiger charge is 2.14. The van der Waals surface area contributed by atoms with Crippen molar-refractivity contribution < 1.29 is 4.74 Å². The van der Waals surface area contributed by atoms with Crippen molar-refractivity contribution >= 4 is 23.2 Å². The van der Waals surface area contributed by atoms with Crippen molar-refractivity contribution in [3.05, 3.63) is 33.8 Å². The average molecular weight is 262 g/mol. The summed E-state index contributed by atoms with van der Waals surface area (Å²) in [6, 6.07) is 5.64. The van der Waals surface area contributed by atoms with E-state index in [-0.39, 0.29) is 5.60 Å². The second-order valence-electron chi connectivity index (χ2n) is 4.32. The minimum Gasteiger partial charge on any atom is -0.377 e. The lowest BCUT2D eigenvalue weighted by Crippen LogP contribution is -2.36. The lowest BCUT2D eigenvalue weighted by molar-refractivity contribution is 0.0231. The van der Waals surface area contributed by atoms with Crippen LogP contribution in [-0.2, 0) is 11.3 Å². The van der Waals surface area contributed by atoms with Crippen molar-refractivity contribution in [3.8, 4) is 0 Å². The van der Waals surface area contributed by atoms with Crippen LogP contribution in [0.25, 0.3) is 0 Å². The molecule has 0 aliphatic carbocycles. The monoisotopic (exact) mass is 261 g/mol. The fourth-order valence-corrected chi connectivity index (χ4v) is 1.55. The normalized spacial score (nSPS) is 11.8. The number of ether oxygens (including phenoxy) is 1. The molecule has 0 aliphatic rings. The van der Waals surface area contributed by atoms with E-state index in [9.17, 15) is 0 Å². The van der Waals surface area contributed by atoms with Crippen LogP contribution < -0.4 is 5.32 Å². The van der Waals surface area contributed by atoms with E-state index in [0.717, 1.165) is 18.7 Å². The summed E-state index contributed by atoms with van der Waals surface area (Å²) in [6.07, 6.45) is 0. The Labute approximate surface area is 107 Å². The van der Waals surface area contributed by atoms with Gasteiger partial charge in [-0.3, -0.25) is 0 Å².